The Labute approximate surface area is 128 Å². The molecule has 1 aromatic carbocycles. The predicted molar refractivity (Wildman–Crippen MR) is 86.5 cm³/mol. The average molecular weight is 288 g/mol. The first-order valence-electron chi connectivity index (χ1n) is 8.50. The third kappa shape index (κ3) is 3.24. The van der Waals surface area contributed by atoms with Crippen molar-refractivity contribution in [3.8, 4) is 5.75 Å². The zero-order chi connectivity index (χ0) is 14.7. The van der Waals surface area contributed by atoms with E-state index in [4.69, 9.17) is 10.5 Å². The lowest BCUT2D eigenvalue weighted by Gasteiger charge is -2.39. The van der Waals surface area contributed by atoms with Crippen molar-refractivity contribution in [3.05, 3.63) is 29.3 Å². The van der Waals surface area contributed by atoms with E-state index in [9.17, 15) is 0 Å². The Bertz CT molecular complexity index is 474. The van der Waals surface area contributed by atoms with E-state index in [2.05, 4.69) is 30.0 Å². The maximum Gasteiger partial charge on any atom is 0.122 e. The molecule has 1 saturated carbocycles. The van der Waals surface area contributed by atoms with Gasteiger partial charge in [-0.2, -0.15) is 0 Å². The van der Waals surface area contributed by atoms with Crippen molar-refractivity contribution < 1.29 is 4.74 Å². The molecule has 1 aromatic rings. The fraction of sp³-hybridized carbons (Fsp3) is 0.667. The summed E-state index contributed by atoms with van der Waals surface area (Å²) in [5, 5.41) is 0. The number of rotatable bonds is 5. The van der Waals surface area contributed by atoms with Gasteiger partial charge in [-0.15, -0.1) is 0 Å². The summed E-state index contributed by atoms with van der Waals surface area (Å²) in [5.41, 5.74) is 8.81. The summed E-state index contributed by atoms with van der Waals surface area (Å²) >= 11 is 0. The Balaban J connectivity index is 1.71. The summed E-state index contributed by atoms with van der Waals surface area (Å²) in [5.74, 6) is 1.76. The highest BCUT2D eigenvalue weighted by atomic mass is 16.5. The molecule has 3 nitrogen and oxygen atoms in total. The topological polar surface area (TPSA) is 38.5 Å². The molecule has 0 bridgehead atoms. The molecule has 1 fully saturated rings. The van der Waals surface area contributed by atoms with E-state index in [0.717, 1.165) is 38.4 Å². The molecule has 1 heterocycles. The Morgan fingerprint density at radius 1 is 1.29 bits per heavy atom. The lowest BCUT2D eigenvalue weighted by molar-refractivity contribution is 0.105. The van der Waals surface area contributed by atoms with E-state index in [-0.39, 0.29) is 0 Å². The van der Waals surface area contributed by atoms with Crippen LogP contribution < -0.4 is 10.5 Å². The molecule has 0 saturated heterocycles. The van der Waals surface area contributed by atoms with Crippen molar-refractivity contribution in [2.75, 3.05) is 19.7 Å². The minimum absolute atomic E-state index is 0.665. The summed E-state index contributed by atoms with van der Waals surface area (Å²) in [6.07, 6.45) is 6.38. The van der Waals surface area contributed by atoms with Crippen molar-refractivity contribution in [1.29, 1.82) is 0 Å². The molecule has 0 radical (unpaired) electrons. The highest BCUT2D eigenvalue weighted by Crippen LogP contribution is 2.30. The second kappa shape index (κ2) is 6.80. The number of benzene rings is 1. The zero-order valence-electron chi connectivity index (χ0n) is 13.2. The fourth-order valence-electron chi connectivity index (χ4n) is 3.98. The van der Waals surface area contributed by atoms with Crippen LogP contribution in [0.1, 0.15) is 43.7 Å². The van der Waals surface area contributed by atoms with Crippen LogP contribution in [0.5, 0.6) is 5.75 Å². The van der Waals surface area contributed by atoms with Crippen molar-refractivity contribution >= 4 is 0 Å². The first-order chi connectivity index (χ1) is 10.3. The number of hydrogen-bond acceptors (Lipinski definition) is 3. The van der Waals surface area contributed by atoms with E-state index in [0.29, 0.717) is 12.0 Å². The first-order valence-corrected chi connectivity index (χ1v) is 8.50. The van der Waals surface area contributed by atoms with E-state index in [1.807, 2.05) is 0 Å². The minimum atomic E-state index is 0.665. The molecular formula is C18H28N2O. The molecule has 1 aliphatic heterocycles. The smallest absolute Gasteiger partial charge is 0.122 e. The van der Waals surface area contributed by atoms with Crippen LogP contribution >= 0.6 is 0 Å². The maximum absolute atomic E-state index is 6.01. The summed E-state index contributed by atoms with van der Waals surface area (Å²) in [4.78, 5) is 2.63. The number of hydrogen-bond donors (Lipinski definition) is 1. The van der Waals surface area contributed by atoms with Crippen molar-refractivity contribution in [1.82, 2.24) is 4.90 Å². The molecule has 0 amide bonds. The van der Waals surface area contributed by atoms with Crippen LogP contribution in [0, 0.1) is 5.92 Å². The standard InChI is InChI=1S/C18H28N2O/c1-2-20(17-6-4-3-5-16(17)12-19)13-14-7-8-18-15(11-14)9-10-21-18/h7-8,11,16-17H,2-6,9-10,12-13,19H2,1H3. The van der Waals surface area contributed by atoms with Crippen LogP contribution in [0.2, 0.25) is 0 Å². The second-order valence-electron chi connectivity index (χ2n) is 6.45. The van der Waals surface area contributed by atoms with Gasteiger partial charge in [0.2, 0.25) is 0 Å². The SMILES string of the molecule is CCN(Cc1ccc2c(c1)CCO2)C1CCCCC1CN. The zero-order valence-corrected chi connectivity index (χ0v) is 13.2. The van der Waals surface area contributed by atoms with Crippen molar-refractivity contribution in [2.24, 2.45) is 11.7 Å². The van der Waals surface area contributed by atoms with Gasteiger partial charge in [-0.3, -0.25) is 4.90 Å². The molecule has 2 atom stereocenters. The Kier molecular flexibility index (Phi) is 4.81. The predicted octanol–water partition coefficient (Wildman–Crippen LogP) is 2.96. The van der Waals surface area contributed by atoms with Crippen LogP contribution in [0.25, 0.3) is 0 Å². The average Bonchev–Trinajstić information content (AvgIpc) is 3.00. The molecule has 2 aliphatic rings. The normalized spacial score (nSPS) is 24.9. The van der Waals surface area contributed by atoms with Crippen LogP contribution in [-0.4, -0.2) is 30.6 Å². The molecular weight excluding hydrogens is 260 g/mol. The molecule has 2 N–H and O–H groups in total. The van der Waals surface area contributed by atoms with Gasteiger partial charge in [0.15, 0.2) is 0 Å². The van der Waals surface area contributed by atoms with Gasteiger partial charge in [0.05, 0.1) is 6.61 Å². The summed E-state index contributed by atoms with van der Waals surface area (Å²) in [6, 6.07) is 7.38. The molecule has 116 valence electrons. The molecule has 0 aromatic heterocycles. The number of nitrogens with zero attached hydrogens (tertiary/aromatic N) is 1. The van der Waals surface area contributed by atoms with E-state index >= 15 is 0 Å². The van der Waals surface area contributed by atoms with Gasteiger partial charge in [0.1, 0.15) is 5.75 Å². The van der Waals surface area contributed by atoms with E-state index < -0.39 is 0 Å². The molecule has 21 heavy (non-hydrogen) atoms. The quantitative estimate of drug-likeness (QED) is 0.905. The van der Waals surface area contributed by atoms with E-state index in [1.54, 1.807) is 0 Å². The van der Waals surface area contributed by atoms with Gasteiger partial charge in [0, 0.05) is 19.0 Å². The van der Waals surface area contributed by atoms with Gasteiger partial charge in [-0.25, -0.2) is 0 Å². The largest absolute Gasteiger partial charge is 0.493 e. The maximum atomic E-state index is 6.01. The molecule has 3 rings (SSSR count). The molecule has 2 unspecified atom stereocenters. The summed E-state index contributed by atoms with van der Waals surface area (Å²) in [6.45, 7) is 6.10. The monoisotopic (exact) mass is 288 g/mol. The molecule has 1 aliphatic carbocycles. The molecule has 0 spiro atoms. The van der Waals surface area contributed by atoms with Gasteiger partial charge in [-0.1, -0.05) is 31.9 Å². The Morgan fingerprint density at radius 2 is 2.14 bits per heavy atom. The van der Waals surface area contributed by atoms with Crippen molar-refractivity contribution in [2.45, 2.75) is 51.6 Å². The van der Waals surface area contributed by atoms with Crippen LogP contribution in [0.15, 0.2) is 18.2 Å². The molecule has 3 heteroatoms. The van der Waals surface area contributed by atoms with Crippen LogP contribution in [-0.2, 0) is 13.0 Å². The highest BCUT2D eigenvalue weighted by molar-refractivity contribution is 5.39. The lowest BCUT2D eigenvalue weighted by Crippen LogP contribution is -2.44. The van der Waals surface area contributed by atoms with Crippen LogP contribution in [0.3, 0.4) is 0 Å². The number of nitrogens with two attached hydrogens (primary N) is 1. The highest BCUT2D eigenvalue weighted by Gasteiger charge is 2.28. The lowest BCUT2D eigenvalue weighted by atomic mass is 9.83. The van der Waals surface area contributed by atoms with Gasteiger partial charge < -0.3 is 10.5 Å². The van der Waals surface area contributed by atoms with E-state index in [1.165, 1.54) is 36.8 Å². The van der Waals surface area contributed by atoms with Gasteiger partial charge in [-0.05, 0) is 49.0 Å². The third-order valence-corrected chi connectivity index (χ3v) is 5.19. The Hall–Kier alpha value is -1.06. The minimum Gasteiger partial charge on any atom is -0.493 e. The van der Waals surface area contributed by atoms with Gasteiger partial charge >= 0.3 is 0 Å². The second-order valence-corrected chi connectivity index (χ2v) is 6.45. The first kappa shape index (κ1) is 14.9. The summed E-state index contributed by atoms with van der Waals surface area (Å²) < 4.78 is 5.61. The fourth-order valence-corrected chi connectivity index (χ4v) is 3.98. The van der Waals surface area contributed by atoms with Crippen molar-refractivity contribution in [3.63, 3.8) is 0 Å². The number of ether oxygens (including phenoxy) is 1. The third-order valence-electron chi connectivity index (χ3n) is 5.19. The Morgan fingerprint density at radius 3 is 2.95 bits per heavy atom. The summed E-state index contributed by atoms with van der Waals surface area (Å²) in [7, 11) is 0. The van der Waals surface area contributed by atoms with Gasteiger partial charge in [0.25, 0.3) is 0 Å². The van der Waals surface area contributed by atoms with Crippen LogP contribution in [0.4, 0.5) is 0 Å². The number of fused-ring (bicyclic) bond motifs is 1.